The van der Waals surface area contributed by atoms with Gasteiger partial charge in [-0.1, -0.05) is 0 Å². The minimum Gasteiger partial charge on any atom is -0.468 e. The zero-order valence-electron chi connectivity index (χ0n) is 6.77. The second-order valence-corrected chi connectivity index (χ2v) is 2.79. The molecule has 1 heterocycles. The molecule has 0 aliphatic rings. The van der Waals surface area contributed by atoms with Gasteiger partial charge in [0.1, 0.15) is 11.7 Å². The zero-order valence-corrected chi connectivity index (χ0v) is 6.77. The van der Waals surface area contributed by atoms with E-state index in [9.17, 15) is 13.2 Å². The van der Waals surface area contributed by atoms with Crippen molar-refractivity contribution in [2.24, 2.45) is 0 Å². The number of furan rings is 1. The van der Waals surface area contributed by atoms with E-state index >= 15 is 0 Å². The number of alkyl halides is 3. The Hall–Kier alpha value is -0.930. The van der Waals surface area contributed by atoms with Crippen molar-refractivity contribution in [1.82, 2.24) is 0 Å². The molecule has 0 aliphatic carbocycles. The van der Waals surface area contributed by atoms with Gasteiger partial charge in [0.05, 0.1) is 6.26 Å². The van der Waals surface area contributed by atoms with Crippen LogP contribution in [0.4, 0.5) is 13.2 Å². The fraction of sp³-hybridized carbons (Fsp3) is 0.500. The fourth-order valence-electron chi connectivity index (χ4n) is 0.842. The van der Waals surface area contributed by atoms with Gasteiger partial charge in [-0.3, -0.25) is 0 Å². The molecule has 0 aliphatic heterocycles. The molecule has 1 aromatic heterocycles. The summed E-state index contributed by atoms with van der Waals surface area (Å²) in [5.74, 6) is -1.55. The lowest BCUT2D eigenvalue weighted by atomic mass is 10.1. The number of hydrogen-bond donors (Lipinski definition) is 0. The summed E-state index contributed by atoms with van der Waals surface area (Å²) in [5, 5.41) is 0. The monoisotopic (exact) mass is 178 g/mol. The summed E-state index contributed by atoms with van der Waals surface area (Å²) in [5.41, 5.74) is 0.709. The first-order chi connectivity index (χ1) is 5.41. The number of rotatable bonds is 1. The molecule has 1 rings (SSSR count). The smallest absolute Gasteiger partial charge is 0.398 e. The Morgan fingerprint density at radius 3 is 2.33 bits per heavy atom. The third-order valence-corrected chi connectivity index (χ3v) is 1.67. The van der Waals surface area contributed by atoms with Gasteiger partial charge in [0.15, 0.2) is 0 Å². The second-order valence-electron chi connectivity index (χ2n) is 2.79. The van der Waals surface area contributed by atoms with Crippen molar-refractivity contribution in [2.75, 3.05) is 0 Å². The molecule has 0 saturated carbocycles. The molecule has 0 N–H and O–H groups in total. The van der Waals surface area contributed by atoms with Crippen LogP contribution in [0.15, 0.2) is 16.7 Å². The maximum Gasteiger partial charge on any atom is 0.398 e. The van der Waals surface area contributed by atoms with Gasteiger partial charge in [-0.25, -0.2) is 0 Å². The van der Waals surface area contributed by atoms with E-state index in [1.165, 1.54) is 12.3 Å². The molecule has 0 spiro atoms. The molecule has 12 heavy (non-hydrogen) atoms. The summed E-state index contributed by atoms with van der Waals surface area (Å²) in [6, 6.07) is 1.40. The third-order valence-electron chi connectivity index (χ3n) is 1.67. The predicted molar refractivity (Wildman–Crippen MR) is 37.9 cm³/mol. The predicted octanol–water partition coefficient (Wildman–Crippen LogP) is 3.25. The maximum atomic E-state index is 12.1. The van der Waals surface area contributed by atoms with Crippen molar-refractivity contribution < 1.29 is 17.6 Å². The molecule has 0 radical (unpaired) electrons. The highest BCUT2D eigenvalue weighted by Crippen LogP contribution is 2.34. The highest BCUT2D eigenvalue weighted by atomic mass is 19.4. The standard InChI is InChI=1S/C8H9F3O/c1-5-3-7(12-4-5)6(2)8(9,10)11/h3-4,6H,1-2H3/t6-/m0/s1. The first-order valence-corrected chi connectivity index (χ1v) is 3.53. The first kappa shape index (κ1) is 9.16. The van der Waals surface area contributed by atoms with E-state index in [0.29, 0.717) is 5.56 Å². The minimum absolute atomic E-state index is 0.0278. The molecule has 1 aromatic rings. The average Bonchev–Trinajstić information content (AvgIpc) is 2.32. The summed E-state index contributed by atoms with van der Waals surface area (Å²) in [6.45, 7) is 2.77. The minimum atomic E-state index is -4.22. The Labute approximate surface area is 68.2 Å². The lowest BCUT2D eigenvalue weighted by Gasteiger charge is -2.11. The lowest BCUT2D eigenvalue weighted by Crippen LogP contribution is -2.16. The van der Waals surface area contributed by atoms with Crippen LogP contribution >= 0.6 is 0 Å². The van der Waals surface area contributed by atoms with Gasteiger partial charge < -0.3 is 4.42 Å². The van der Waals surface area contributed by atoms with Crippen molar-refractivity contribution in [3.63, 3.8) is 0 Å². The molecule has 1 atom stereocenters. The molecular formula is C8H9F3O. The Kier molecular flexibility index (Phi) is 2.17. The second kappa shape index (κ2) is 2.84. The molecule has 68 valence electrons. The van der Waals surface area contributed by atoms with Crippen LogP contribution in [0, 0.1) is 6.92 Å². The van der Waals surface area contributed by atoms with Gasteiger partial charge in [-0.05, 0) is 25.5 Å². The molecule has 1 nitrogen and oxygen atoms in total. The SMILES string of the molecule is Cc1coc([C@H](C)C(F)(F)F)c1. The number of halogens is 3. The van der Waals surface area contributed by atoms with Crippen LogP contribution in [0.2, 0.25) is 0 Å². The third kappa shape index (κ3) is 1.81. The zero-order chi connectivity index (χ0) is 9.35. The Balaban J connectivity index is 2.85. The van der Waals surface area contributed by atoms with E-state index in [1.807, 2.05) is 0 Å². The van der Waals surface area contributed by atoms with E-state index in [4.69, 9.17) is 4.42 Å². The Morgan fingerprint density at radius 1 is 1.42 bits per heavy atom. The van der Waals surface area contributed by atoms with Crippen LogP contribution in [-0.4, -0.2) is 6.18 Å². The summed E-state index contributed by atoms with van der Waals surface area (Å²) in [4.78, 5) is 0. The van der Waals surface area contributed by atoms with Crippen LogP contribution in [0.3, 0.4) is 0 Å². The molecule has 0 saturated heterocycles. The Morgan fingerprint density at radius 2 is 2.00 bits per heavy atom. The van der Waals surface area contributed by atoms with E-state index in [1.54, 1.807) is 6.92 Å². The van der Waals surface area contributed by atoms with Gasteiger partial charge in [0, 0.05) is 0 Å². The summed E-state index contributed by atoms with van der Waals surface area (Å²) >= 11 is 0. The highest BCUT2D eigenvalue weighted by Gasteiger charge is 2.38. The molecule has 0 bridgehead atoms. The fourth-order valence-corrected chi connectivity index (χ4v) is 0.842. The summed E-state index contributed by atoms with van der Waals surface area (Å²) in [7, 11) is 0. The van der Waals surface area contributed by atoms with Gasteiger partial charge in [0.2, 0.25) is 0 Å². The van der Waals surface area contributed by atoms with E-state index < -0.39 is 12.1 Å². The van der Waals surface area contributed by atoms with Gasteiger partial charge >= 0.3 is 6.18 Å². The number of aryl methyl sites for hydroxylation is 1. The van der Waals surface area contributed by atoms with Gasteiger partial charge in [-0.15, -0.1) is 0 Å². The first-order valence-electron chi connectivity index (χ1n) is 3.53. The van der Waals surface area contributed by atoms with Crippen LogP contribution < -0.4 is 0 Å². The summed E-state index contributed by atoms with van der Waals surface area (Å²) < 4.78 is 41.0. The van der Waals surface area contributed by atoms with Crippen molar-refractivity contribution in [2.45, 2.75) is 25.9 Å². The van der Waals surface area contributed by atoms with E-state index in [0.717, 1.165) is 6.92 Å². The largest absolute Gasteiger partial charge is 0.468 e. The Bertz CT molecular complexity index is 262. The topological polar surface area (TPSA) is 13.1 Å². The molecule has 0 amide bonds. The van der Waals surface area contributed by atoms with Crippen molar-refractivity contribution in [1.29, 1.82) is 0 Å². The van der Waals surface area contributed by atoms with Crippen LogP contribution in [0.25, 0.3) is 0 Å². The normalized spacial score (nSPS) is 14.8. The van der Waals surface area contributed by atoms with Crippen molar-refractivity contribution in [3.05, 3.63) is 23.7 Å². The van der Waals surface area contributed by atoms with Crippen LogP contribution in [0.1, 0.15) is 24.2 Å². The molecule has 0 fully saturated rings. The summed E-state index contributed by atoms with van der Waals surface area (Å²) in [6.07, 6.45) is -2.90. The van der Waals surface area contributed by atoms with Crippen molar-refractivity contribution in [3.8, 4) is 0 Å². The quantitative estimate of drug-likeness (QED) is 0.643. The van der Waals surface area contributed by atoms with Crippen LogP contribution in [0.5, 0.6) is 0 Å². The number of hydrogen-bond acceptors (Lipinski definition) is 1. The van der Waals surface area contributed by atoms with Crippen molar-refractivity contribution >= 4 is 0 Å². The molecule has 0 aromatic carbocycles. The van der Waals surface area contributed by atoms with E-state index in [2.05, 4.69) is 0 Å². The van der Waals surface area contributed by atoms with Gasteiger partial charge in [0.25, 0.3) is 0 Å². The van der Waals surface area contributed by atoms with E-state index in [-0.39, 0.29) is 5.76 Å². The molecule has 0 unspecified atom stereocenters. The molecular weight excluding hydrogens is 169 g/mol. The molecule has 4 heteroatoms. The van der Waals surface area contributed by atoms with Crippen LogP contribution in [-0.2, 0) is 0 Å². The maximum absolute atomic E-state index is 12.1. The average molecular weight is 178 g/mol. The highest BCUT2D eigenvalue weighted by molar-refractivity contribution is 5.14. The van der Waals surface area contributed by atoms with Gasteiger partial charge in [-0.2, -0.15) is 13.2 Å². The lowest BCUT2D eigenvalue weighted by molar-refractivity contribution is -0.149.